The second-order valence-corrected chi connectivity index (χ2v) is 6.98. The van der Waals surface area contributed by atoms with Gasteiger partial charge in [-0.2, -0.15) is 8.78 Å². The molecule has 0 fully saturated rings. The molecule has 146 valence electrons. The van der Waals surface area contributed by atoms with Crippen LogP contribution in [-0.2, 0) is 15.3 Å². The Morgan fingerprint density at radius 1 is 1.11 bits per heavy atom. The van der Waals surface area contributed by atoms with Crippen LogP contribution in [-0.4, -0.2) is 28.8 Å². The molecule has 0 unspecified atom stereocenters. The van der Waals surface area contributed by atoms with E-state index in [4.69, 9.17) is 4.74 Å². The maximum Gasteiger partial charge on any atom is 0.359 e. The highest BCUT2D eigenvalue weighted by molar-refractivity contribution is 7.60. The summed E-state index contributed by atoms with van der Waals surface area (Å²) in [7, 11) is -4.65. The van der Waals surface area contributed by atoms with E-state index < -0.39 is 55.1 Å². The van der Waals surface area contributed by atoms with E-state index in [-0.39, 0.29) is 5.75 Å². The number of para-hydroxylation sites is 1. The Hall–Kier alpha value is -2.42. The molecule has 0 atom stereocenters. The summed E-state index contributed by atoms with van der Waals surface area (Å²) in [5, 5.41) is 1.41. The minimum atomic E-state index is -4.65. The molecule has 0 saturated carbocycles. The number of alkyl halides is 2. The van der Waals surface area contributed by atoms with E-state index in [2.05, 4.69) is 0 Å². The first kappa shape index (κ1) is 20.9. The highest BCUT2D eigenvalue weighted by Crippen LogP contribution is 2.37. The summed E-state index contributed by atoms with van der Waals surface area (Å²) in [6.45, 7) is -1.99. The average molecular weight is 407 g/mol. The minimum absolute atomic E-state index is 0.270. The third-order valence-electron chi connectivity index (χ3n) is 3.39. The molecule has 27 heavy (non-hydrogen) atoms. The van der Waals surface area contributed by atoms with E-state index >= 15 is 0 Å². The molecule has 2 aromatic carbocycles. The summed E-state index contributed by atoms with van der Waals surface area (Å²) >= 11 is 0. The number of amides is 1. The van der Waals surface area contributed by atoms with Crippen LogP contribution in [0.15, 0.2) is 42.5 Å². The first-order chi connectivity index (χ1) is 12.5. The Labute approximate surface area is 150 Å². The second-order valence-electron chi connectivity index (χ2n) is 5.41. The van der Waals surface area contributed by atoms with E-state index in [0.717, 1.165) is 6.07 Å². The molecule has 0 spiro atoms. The van der Waals surface area contributed by atoms with Crippen molar-refractivity contribution in [3.63, 3.8) is 0 Å². The van der Waals surface area contributed by atoms with Crippen LogP contribution in [0.1, 0.15) is 5.56 Å². The lowest BCUT2D eigenvalue weighted by atomic mass is 10.1. The van der Waals surface area contributed by atoms with Crippen LogP contribution < -0.4 is 15.4 Å². The molecule has 1 amide bonds. The van der Waals surface area contributed by atoms with Gasteiger partial charge < -0.3 is 19.8 Å². The van der Waals surface area contributed by atoms with E-state index in [0.29, 0.717) is 18.2 Å². The quantitative estimate of drug-likeness (QED) is 0.483. The van der Waals surface area contributed by atoms with Crippen molar-refractivity contribution >= 4 is 18.8 Å². The van der Waals surface area contributed by atoms with Gasteiger partial charge in [0.25, 0.3) is 11.8 Å². The molecular formula is C16H14F4NO5P. The Bertz CT molecular complexity index is 887. The number of rotatable bonds is 7. The van der Waals surface area contributed by atoms with Crippen molar-refractivity contribution in [2.45, 2.75) is 5.92 Å². The summed E-state index contributed by atoms with van der Waals surface area (Å²) in [5.74, 6) is -7.67. The molecule has 0 heterocycles. The Kier molecular flexibility index (Phi) is 6.25. The molecule has 6 nitrogen and oxygen atoms in total. The van der Waals surface area contributed by atoms with Crippen molar-refractivity contribution < 1.29 is 41.4 Å². The van der Waals surface area contributed by atoms with Crippen molar-refractivity contribution in [1.82, 2.24) is 5.32 Å². The summed E-state index contributed by atoms with van der Waals surface area (Å²) in [6.07, 6.45) is 0. The lowest BCUT2D eigenvalue weighted by Crippen LogP contribution is -2.37. The number of nitrogens with one attached hydrogen (secondary N) is 1. The fourth-order valence-electron chi connectivity index (χ4n) is 2.05. The first-order valence-corrected chi connectivity index (χ1v) is 9.00. The van der Waals surface area contributed by atoms with Crippen LogP contribution in [0.4, 0.5) is 17.6 Å². The molecular weight excluding hydrogens is 393 g/mol. The Balaban J connectivity index is 1.97. The van der Waals surface area contributed by atoms with Crippen molar-refractivity contribution in [3.05, 3.63) is 59.7 Å². The maximum absolute atomic E-state index is 14.0. The summed E-state index contributed by atoms with van der Waals surface area (Å²) < 4.78 is 70.1. The molecule has 0 saturated heterocycles. The second kappa shape index (κ2) is 8.08. The van der Waals surface area contributed by atoms with Gasteiger partial charge in [0.15, 0.2) is 18.2 Å². The lowest BCUT2D eigenvalue weighted by molar-refractivity contribution is -0.125. The largest absolute Gasteiger partial charge is 0.483 e. The highest BCUT2D eigenvalue weighted by Gasteiger charge is 2.33. The predicted molar refractivity (Wildman–Crippen MR) is 86.9 cm³/mol. The Morgan fingerprint density at radius 3 is 2.41 bits per heavy atom. The number of benzene rings is 2. The van der Waals surface area contributed by atoms with Crippen LogP contribution in [0, 0.1) is 11.6 Å². The molecule has 3 N–H and O–H groups in total. The molecule has 0 aromatic heterocycles. The van der Waals surface area contributed by atoms with Crippen LogP contribution in [0.3, 0.4) is 0 Å². The standard InChI is InChI=1S/C16H14F4NO5P/c17-11-6-5-10(7-12(11)18)16(19,20)9-21-15(22)8-26-13-3-1-2-4-14(13)27(23,24)25/h1-7H,8-9H2,(H,21,22)(H2,23,24,25). The summed E-state index contributed by atoms with van der Waals surface area (Å²) in [5.41, 5.74) is -0.825. The molecule has 0 aliphatic heterocycles. The van der Waals surface area contributed by atoms with Gasteiger partial charge in [-0.15, -0.1) is 0 Å². The molecule has 0 radical (unpaired) electrons. The topological polar surface area (TPSA) is 95.9 Å². The average Bonchev–Trinajstić information content (AvgIpc) is 2.60. The SMILES string of the molecule is O=C(COc1ccccc1P(=O)(O)O)NCC(F)(F)c1ccc(F)c(F)c1. The predicted octanol–water partition coefficient (Wildman–Crippen LogP) is 2.05. The van der Waals surface area contributed by atoms with Crippen molar-refractivity contribution in [3.8, 4) is 5.75 Å². The molecule has 0 aliphatic rings. The van der Waals surface area contributed by atoms with Gasteiger partial charge in [-0.3, -0.25) is 9.36 Å². The smallest absolute Gasteiger partial charge is 0.359 e. The van der Waals surface area contributed by atoms with Gasteiger partial charge in [0, 0.05) is 5.56 Å². The number of hydrogen-bond donors (Lipinski definition) is 3. The summed E-state index contributed by atoms with van der Waals surface area (Å²) in [6, 6.07) is 6.63. The number of hydrogen-bond acceptors (Lipinski definition) is 3. The van der Waals surface area contributed by atoms with Crippen LogP contribution >= 0.6 is 7.60 Å². The Morgan fingerprint density at radius 2 is 1.78 bits per heavy atom. The van der Waals surface area contributed by atoms with Gasteiger partial charge in [0.05, 0.1) is 6.54 Å². The number of carbonyl (C=O) groups is 1. The van der Waals surface area contributed by atoms with Crippen molar-refractivity contribution in [2.24, 2.45) is 0 Å². The minimum Gasteiger partial charge on any atom is -0.483 e. The molecule has 0 aliphatic carbocycles. The maximum atomic E-state index is 14.0. The van der Waals surface area contributed by atoms with E-state index in [1.54, 1.807) is 0 Å². The first-order valence-electron chi connectivity index (χ1n) is 7.39. The van der Waals surface area contributed by atoms with Crippen LogP contribution in [0.5, 0.6) is 5.75 Å². The highest BCUT2D eigenvalue weighted by atomic mass is 31.2. The zero-order valence-corrected chi connectivity index (χ0v) is 14.4. The van der Waals surface area contributed by atoms with Gasteiger partial charge in [0.1, 0.15) is 11.1 Å². The van der Waals surface area contributed by atoms with Crippen LogP contribution in [0.2, 0.25) is 0 Å². The van der Waals surface area contributed by atoms with Gasteiger partial charge in [-0.1, -0.05) is 12.1 Å². The number of carbonyl (C=O) groups excluding carboxylic acids is 1. The fraction of sp³-hybridized carbons (Fsp3) is 0.188. The van der Waals surface area contributed by atoms with Crippen molar-refractivity contribution in [2.75, 3.05) is 13.2 Å². The zero-order chi connectivity index (χ0) is 20.2. The molecule has 0 bridgehead atoms. The lowest BCUT2D eigenvalue weighted by Gasteiger charge is -2.18. The monoisotopic (exact) mass is 407 g/mol. The van der Waals surface area contributed by atoms with Crippen molar-refractivity contribution in [1.29, 1.82) is 0 Å². The molecule has 2 rings (SSSR count). The third kappa shape index (κ3) is 5.53. The molecule has 2 aromatic rings. The zero-order valence-electron chi connectivity index (χ0n) is 13.5. The van der Waals surface area contributed by atoms with Crippen LogP contribution in [0.25, 0.3) is 0 Å². The van der Waals surface area contributed by atoms with Gasteiger partial charge in [-0.05, 0) is 30.3 Å². The van der Waals surface area contributed by atoms with E-state index in [1.807, 2.05) is 5.32 Å². The summed E-state index contributed by atoms with van der Waals surface area (Å²) in [4.78, 5) is 30.1. The normalized spacial score (nSPS) is 11.9. The molecule has 11 heteroatoms. The van der Waals surface area contributed by atoms with Gasteiger partial charge in [0.2, 0.25) is 0 Å². The fourth-order valence-corrected chi connectivity index (χ4v) is 2.76. The van der Waals surface area contributed by atoms with Gasteiger partial charge >= 0.3 is 7.60 Å². The number of ether oxygens (including phenoxy) is 1. The number of halogens is 4. The van der Waals surface area contributed by atoms with E-state index in [1.165, 1.54) is 18.2 Å². The third-order valence-corrected chi connectivity index (χ3v) is 4.38. The van der Waals surface area contributed by atoms with E-state index in [9.17, 15) is 36.7 Å². The van der Waals surface area contributed by atoms with Gasteiger partial charge in [-0.25, -0.2) is 8.78 Å².